The quantitative estimate of drug-likeness (QED) is 0.883. The summed E-state index contributed by atoms with van der Waals surface area (Å²) in [6, 6.07) is 9.97. The lowest BCUT2D eigenvalue weighted by Crippen LogP contribution is -2.43. The average molecular weight is 325 g/mol. The van der Waals surface area contributed by atoms with Gasteiger partial charge in [-0.3, -0.25) is 4.90 Å². The molecule has 2 N–H and O–H groups in total. The van der Waals surface area contributed by atoms with Gasteiger partial charge in [-0.15, -0.1) is 0 Å². The SMILES string of the molecule is CCC(N)C(c1ccc(Br)cc1)N1CCCC1CC. The molecule has 1 saturated heterocycles. The first-order chi connectivity index (χ1) is 9.17. The Kier molecular flexibility index (Phi) is 5.43. The number of likely N-dealkylation sites (tertiary alicyclic amines) is 1. The molecule has 1 aromatic carbocycles. The second-order valence-corrected chi connectivity index (χ2v) is 6.43. The van der Waals surface area contributed by atoms with Crippen molar-refractivity contribution in [1.29, 1.82) is 0 Å². The maximum atomic E-state index is 6.43. The molecule has 1 aromatic rings. The number of benzene rings is 1. The van der Waals surface area contributed by atoms with Crippen LogP contribution in [0.3, 0.4) is 0 Å². The molecule has 0 saturated carbocycles. The van der Waals surface area contributed by atoms with Crippen molar-refractivity contribution in [1.82, 2.24) is 4.90 Å². The summed E-state index contributed by atoms with van der Waals surface area (Å²) in [5.41, 5.74) is 7.79. The Morgan fingerprint density at radius 1 is 1.32 bits per heavy atom. The number of rotatable bonds is 5. The standard InChI is InChI=1S/C16H25BrN2/c1-3-14-6-5-11-19(14)16(15(18)4-2)12-7-9-13(17)10-8-12/h7-10,14-16H,3-6,11,18H2,1-2H3. The number of nitrogens with two attached hydrogens (primary N) is 1. The lowest BCUT2D eigenvalue weighted by atomic mass is 9.95. The van der Waals surface area contributed by atoms with E-state index in [0.29, 0.717) is 12.1 Å². The highest BCUT2D eigenvalue weighted by Crippen LogP contribution is 2.33. The van der Waals surface area contributed by atoms with Gasteiger partial charge in [-0.25, -0.2) is 0 Å². The van der Waals surface area contributed by atoms with Gasteiger partial charge in [-0.05, 0) is 49.9 Å². The molecule has 1 heterocycles. The molecular formula is C16H25BrN2. The van der Waals surface area contributed by atoms with Crippen LogP contribution in [-0.2, 0) is 0 Å². The summed E-state index contributed by atoms with van der Waals surface area (Å²) in [5.74, 6) is 0. The fourth-order valence-electron chi connectivity index (χ4n) is 3.23. The second-order valence-electron chi connectivity index (χ2n) is 5.51. The number of hydrogen-bond donors (Lipinski definition) is 1. The van der Waals surface area contributed by atoms with Crippen LogP contribution in [-0.4, -0.2) is 23.5 Å². The highest BCUT2D eigenvalue weighted by molar-refractivity contribution is 9.10. The van der Waals surface area contributed by atoms with E-state index in [2.05, 4.69) is 58.9 Å². The molecule has 1 aliphatic rings. The van der Waals surface area contributed by atoms with E-state index in [1.807, 2.05) is 0 Å². The minimum absolute atomic E-state index is 0.216. The van der Waals surface area contributed by atoms with Crippen molar-refractivity contribution in [2.24, 2.45) is 5.73 Å². The van der Waals surface area contributed by atoms with Gasteiger partial charge in [0.15, 0.2) is 0 Å². The molecule has 0 aliphatic carbocycles. The van der Waals surface area contributed by atoms with E-state index < -0.39 is 0 Å². The molecule has 0 radical (unpaired) electrons. The van der Waals surface area contributed by atoms with Crippen LogP contribution in [0.1, 0.15) is 51.1 Å². The third-order valence-corrected chi connectivity index (χ3v) is 4.87. The van der Waals surface area contributed by atoms with Crippen LogP contribution in [0.2, 0.25) is 0 Å². The van der Waals surface area contributed by atoms with Crippen LogP contribution >= 0.6 is 15.9 Å². The molecule has 19 heavy (non-hydrogen) atoms. The fraction of sp³-hybridized carbons (Fsp3) is 0.625. The van der Waals surface area contributed by atoms with Crippen molar-refractivity contribution in [2.45, 2.75) is 57.7 Å². The number of halogens is 1. The molecule has 1 fully saturated rings. The summed E-state index contributed by atoms with van der Waals surface area (Å²) >= 11 is 3.51. The van der Waals surface area contributed by atoms with Gasteiger partial charge in [-0.1, -0.05) is 41.9 Å². The van der Waals surface area contributed by atoms with Gasteiger partial charge in [0.1, 0.15) is 0 Å². The van der Waals surface area contributed by atoms with Crippen LogP contribution in [0.5, 0.6) is 0 Å². The maximum Gasteiger partial charge on any atom is 0.0502 e. The smallest absolute Gasteiger partial charge is 0.0502 e. The third-order valence-electron chi connectivity index (χ3n) is 4.34. The first kappa shape index (κ1) is 15.0. The Hall–Kier alpha value is -0.380. The van der Waals surface area contributed by atoms with Gasteiger partial charge in [0, 0.05) is 16.6 Å². The molecule has 0 amide bonds. The normalized spacial score (nSPS) is 23.5. The Balaban J connectivity index is 2.27. The number of hydrogen-bond acceptors (Lipinski definition) is 2. The summed E-state index contributed by atoms with van der Waals surface area (Å²) in [6.45, 7) is 5.67. The molecule has 0 bridgehead atoms. The van der Waals surface area contributed by atoms with E-state index in [0.717, 1.165) is 10.9 Å². The molecule has 3 atom stereocenters. The summed E-state index contributed by atoms with van der Waals surface area (Å²) in [7, 11) is 0. The molecule has 2 rings (SSSR count). The van der Waals surface area contributed by atoms with E-state index in [-0.39, 0.29) is 6.04 Å². The first-order valence-electron chi connectivity index (χ1n) is 7.44. The molecule has 0 aromatic heterocycles. The van der Waals surface area contributed by atoms with Crippen molar-refractivity contribution < 1.29 is 0 Å². The highest BCUT2D eigenvalue weighted by Gasteiger charge is 2.33. The van der Waals surface area contributed by atoms with Crippen molar-refractivity contribution in [3.05, 3.63) is 34.3 Å². The summed E-state index contributed by atoms with van der Waals surface area (Å²) in [5, 5.41) is 0. The summed E-state index contributed by atoms with van der Waals surface area (Å²) < 4.78 is 1.13. The van der Waals surface area contributed by atoms with Crippen LogP contribution < -0.4 is 5.73 Å². The second kappa shape index (κ2) is 6.87. The summed E-state index contributed by atoms with van der Waals surface area (Å²) in [6.07, 6.45) is 4.87. The molecule has 106 valence electrons. The number of nitrogens with zero attached hydrogens (tertiary/aromatic N) is 1. The minimum Gasteiger partial charge on any atom is -0.326 e. The van der Waals surface area contributed by atoms with E-state index in [1.54, 1.807) is 0 Å². The van der Waals surface area contributed by atoms with Gasteiger partial charge < -0.3 is 5.73 Å². The molecule has 1 aliphatic heterocycles. The van der Waals surface area contributed by atoms with Gasteiger partial charge in [-0.2, -0.15) is 0 Å². The Morgan fingerprint density at radius 3 is 2.58 bits per heavy atom. The monoisotopic (exact) mass is 324 g/mol. The molecule has 3 unspecified atom stereocenters. The van der Waals surface area contributed by atoms with Crippen LogP contribution in [0.4, 0.5) is 0 Å². The molecular weight excluding hydrogens is 300 g/mol. The fourth-order valence-corrected chi connectivity index (χ4v) is 3.49. The Labute approximate surface area is 125 Å². The first-order valence-corrected chi connectivity index (χ1v) is 8.23. The topological polar surface area (TPSA) is 29.3 Å². The third kappa shape index (κ3) is 3.39. The highest BCUT2D eigenvalue weighted by atomic mass is 79.9. The van der Waals surface area contributed by atoms with E-state index >= 15 is 0 Å². The van der Waals surface area contributed by atoms with Gasteiger partial charge in [0.05, 0.1) is 6.04 Å². The average Bonchev–Trinajstić information content (AvgIpc) is 2.89. The Bertz CT molecular complexity index is 390. The Morgan fingerprint density at radius 2 is 2.00 bits per heavy atom. The maximum absolute atomic E-state index is 6.43. The predicted molar refractivity (Wildman–Crippen MR) is 85.2 cm³/mol. The van der Waals surface area contributed by atoms with Gasteiger partial charge in [0.2, 0.25) is 0 Å². The van der Waals surface area contributed by atoms with Crippen molar-refractivity contribution in [3.8, 4) is 0 Å². The van der Waals surface area contributed by atoms with Gasteiger partial charge >= 0.3 is 0 Å². The minimum atomic E-state index is 0.216. The van der Waals surface area contributed by atoms with Crippen molar-refractivity contribution in [3.63, 3.8) is 0 Å². The zero-order chi connectivity index (χ0) is 13.8. The zero-order valence-electron chi connectivity index (χ0n) is 12.0. The predicted octanol–water partition coefficient (Wildman–Crippen LogP) is 4.10. The molecule has 3 heteroatoms. The van der Waals surface area contributed by atoms with Gasteiger partial charge in [0.25, 0.3) is 0 Å². The van der Waals surface area contributed by atoms with Crippen molar-refractivity contribution >= 4 is 15.9 Å². The van der Waals surface area contributed by atoms with E-state index in [9.17, 15) is 0 Å². The van der Waals surface area contributed by atoms with Crippen LogP contribution in [0, 0.1) is 0 Å². The zero-order valence-corrected chi connectivity index (χ0v) is 13.6. The van der Waals surface area contributed by atoms with Crippen LogP contribution in [0.25, 0.3) is 0 Å². The van der Waals surface area contributed by atoms with E-state index in [4.69, 9.17) is 5.73 Å². The summed E-state index contributed by atoms with van der Waals surface area (Å²) in [4.78, 5) is 2.64. The molecule has 0 spiro atoms. The van der Waals surface area contributed by atoms with Crippen LogP contribution in [0.15, 0.2) is 28.7 Å². The lowest BCUT2D eigenvalue weighted by molar-refractivity contribution is 0.150. The van der Waals surface area contributed by atoms with E-state index in [1.165, 1.54) is 31.4 Å². The molecule has 2 nitrogen and oxygen atoms in total. The van der Waals surface area contributed by atoms with Crippen molar-refractivity contribution in [2.75, 3.05) is 6.54 Å². The largest absolute Gasteiger partial charge is 0.326 e. The lowest BCUT2D eigenvalue weighted by Gasteiger charge is -2.36.